The van der Waals surface area contributed by atoms with Crippen LogP contribution in [0.25, 0.3) is 0 Å². The molecule has 0 aliphatic rings. The van der Waals surface area contributed by atoms with Crippen LogP contribution in [0.15, 0.2) is 0 Å². The van der Waals surface area contributed by atoms with E-state index in [2.05, 4.69) is 6.92 Å². The minimum absolute atomic E-state index is 0. The Bertz CT molecular complexity index is 45.9. The van der Waals surface area contributed by atoms with Crippen LogP contribution in [0, 0.1) is 0 Å². The quantitative estimate of drug-likeness (QED) is 0.483. The summed E-state index contributed by atoms with van der Waals surface area (Å²) in [7, 11) is -1.19. The van der Waals surface area contributed by atoms with Gasteiger partial charge in [-0.25, -0.2) is 0 Å². The third-order valence-electron chi connectivity index (χ3n) is 0.975. The summed E-state index contributed by atoms with van der Waals surface area (Å²) in [5.74, 6) is 0. The van der Waals surface area contributed by atoms with Crippen LogP contribution in [0.4, 0.5) is 0 Å². The van der Waals surface area contributed by atoms with E-state index in [4.69, 9.17) is 4.80 Å². The SMILES string of the molecule is CCCC[SiH](C)O.[H-].[K+]. The van der Waals surface area contributed by atoms with Crippen LogP contribution in [0.2, 0.25) is 12.6 Å². The molecule has 0 bridgehead atoms. The molecule has 0 aliphatic heterocycles. The molecular formula is C5H15KOSi. The van der Waals surface area contributed by atoms with Crippen molar-refractivity contribution in [1.29, 1.82) is 0 Å². The topological polar surface area (TPSA) is 20.2 Å². The van der Waals surface area contributed by atoms with Crippen molar-refractivity contribution < 1.29 is 57.6 Å². The fraction of sp³-hybridized carbons (Fsp3) is 1.00. The molecule has 0 heterocycles. The van der Waals surface area contributed by atoms with Crippen molar-refractivity contribution >= 4 is 9.04 Å². The predicted molar refractivity (Wildman–Crippen MR) is 36.1 cm³/mol. The van der Waals surface area contributed by atoms with Crippen LogP contribution in [0.1, 0.15) is 21.2 Å². The maximum atomic E-state index is 8.82. The molecule has 0 fully saturated rings. The van der Waals surface area contributed by atoms with Gasteiger partial charge in [-0.15, -0.1) is 0 Å². The number of hydrogen-bond acceptors (Lipinski definition) is 1. The molecule has 0 rings (SSSR count). The van der Waals surface area contributed by atoms with Crippen molar-refractivity contribution in [1.82, 2.24) is 0 Å². The Morgan fingerprint density at radius 2 is 2.12 bits per heavy atom. The molecule has 3 heteroatoms. The maximum Gasteiger partial charge on any atom is 1.00 e. The zero-order valence-electron chi connectivity index (χ0n) is 7.15. The summed E-state index contributed by atoms with van der Waals surface area (Å²) in [6.07, 6.45) is 2.43. The third-order valence-corrected chi connectivity index (χ3v) is 2.22. The first-order valence-electron chi connectivity index (χ1n) is 2.95. The molecule has 1 atom stereocenters. The van der Waals surface area contributed by atoms with Gasteiger partial charge in [0.25, 0.3) is 0 Å². The van der Waals surface area contributed by atoms with Gasteiger partial charge in [-0.05, 0) is 12.6 Å². The fourth-order valence-corrected chi connectivity index (χ4v) is 1.50. The first-order valence-corrected chi connectivity index (χ1v) is 5.44. The molecule has 0 aliphatic carbocycles. The molecule has 46 valence electrons. The van der Waals surface area contributed by atoms with Gasteiger partial charge in [-0.2, -0.15) is 0 Å². The summed E-state index contributed by atoms with van der Waals surface area (Å²) >= 11 is 0. The van der Waals surface area contributed by atoms with E-state index in [9.17, 15) is 0 Å². The first-order chi connectivity index (χ1) is 3.27. The van der Waals surface area contributed by atoms with Crippen molar-refractivity contribution in [2.45, 2.75) is 32.4 Å². The minimum atomic E-state index is -1.19. The van der Waals surface area contributed by atoms with Crippen molar-refractivity contribution in [2.75, 3.05) is 0 Å². The summed E-state index contributed by atoms with van der Waals surface area (Å²) in [6, 6.07) is 1.09. The second kappa shape index (κ2) is 8.81. The van der Waals surface area contributed by atoms with E-state index in [0.717, 1.165) is 6.04 Å². The number of hydrogen-bond donors (Lipinski definition) is 1. The second-order valence-electron chi connectivity index (χ2n) is 1.99. The maximum absolute atomic E-state index is 8.82. The van der Waals surface area contributed by atoms with E-state index in [1.54, 1.807) is 0 Å². The van der Waals surface area contributed by atoms with Crippen molar-refractivity contribution in [3.05, 3.63) is 0 Å². The molecule has 0 aromatic heterocycles. The zero-order valence-corrected chi connectivity index (χ0v) is 10.4. The van der Waals surface area contributed by atoms with Crippen LogP contribution in [-0.4, -0.2) is 13.8 Å². The summed E-state index contributed by atoms with van der Waals surface area (Å²) in [5, 5.41) is 0. The normalized spacial score (nSPS) is 12.4. The van der Waals surface area contributed by atoms with Gasteiger partial charge < -0.3 is 6.22 Å². The fourth-order valence-electron chi connectivity index (χ4n) is 0.500. The van der Waals surface area contributed by atoms with Gasteiger partial charge in [0.15, 0.2) is 9.04 Å². The van der Waals surface area contributed by atoms with E-state index >= 15 is 0 Å². The average molecular weight is 158 g/mol. The number of unbranched alkanes of at least 4 members (excludes halogenated alkanes) is 1. The largest absolute Gasteiger partial charge is 1.00 e. The molecule has 0 aromatic rings. The Morgan fingerprint density at radius 3 is 2.25 bits per heavy atom. The average Bonchev–Trinajstić information content (AvgIpc) is 1.61. The van der Waals surface area contributed by atoms with E-state index in [0.29, 0.717) is 0 Å². The molecule has 1 N–H and O–H groups in total. The summed E-state index contributed by atoms with van der Waals surface area (Å²) in [5.41, 5.74) is 0. The number of rotatable bonds is 3. The van der Waals surface area contributed by atoms with Crippen molar-refractivity contribution in [3.63, 3.8) is 0 Å². The smallest absolute Gasteiger partial charge is 1.00 e. The van der Waals surface area contributed by atoms with E-state index in [1.807, 2.05) is 6.55 Å². The second-order valence-corrected chi connectivity index (χ2v) is 4.27. The van der Waals surface area contributed by atoms with Gasteiger partial charge in [0.1, 0.15) is 0 Å². The Kier molecular flexibility index (Phi) is 13.8. The van der Waals surface area contributed by atoms with Gasteiger partial charge in [0.05, 0.1) is 0 Å². The Morgan fingerprint density at radius 1 is 1.62 bits per heavy atom. The van der Waals surface area contributed by atoms with Gasteiger partial charge in [-0.1, -0.05) is 19.8 Å². The van der Waals surface area contributed by atoms with E-state index in [1.165, 1.54) is 12.8 Å². The van der Waals surface area contributed by atoms with Crippen LogP contribution in [0.3, 0.4) is 0 Å². The Balaban J connectivity index is -0.000000180. The molecule has 1 unspecified atom stereocenters. The van der Waals surface area contributed by atoms with Crippen LogP contribution >= 0.6 is 0 Å². The van der Waals surface area contributed by atoms with Gasteiger partial charge in [0, 0.05) is 0 Å². The Labute approximate surface area is 97.5 Å². The molecule has 0 aromatic carbocycles. The summed E-state index contributed by atoms with van der Waals surface area (Å²) in [6.45, 7) is 4.12. The monoisotopic (exact) mass is 158 g/mol. The molecule has 0 saturated heterocycles. The van der Waals surface area contributed by atoms with Gasteiger partial charge >= 0.3 is 51.4 Å². The van der Waals surface area contributed by atoms with Crippen molar-refractivity contribution in [2.24, 2.45) is 0 Å². The third kappa shape index (κ3) is 10.7. The molecular weight excluding hydrogens is 143 g/mol. The molecule has 0 amide bonds. The predicted octanol–water partition coefficient (Wildman–Crippen LogP) is -1.75. The van der Waals surface area contributed by atoms with Crippen molar-refractivity contribution in [3.8, 4) is 0 Å². The van der Waals surface area contributed by atoms with Gasteiger partial charge in [0.2, 0.25) is 0 Å². The van der Waals surface area contributed by atoms with Crippen LogP contribution in [-0.2, 0) is 0 Å². The van der Waals surface area contributed by atoms with E-state index in [-0.39, 0.29) is 52.8 Å². The molecule has 0 spiro atoms. The minimum Gasteiger partial charge on any atom is -1.00 e. The molecule has 8 heavy (non-hydrogen) atoms. The van der Waals surface area contributed by atoms with Crippen LogP contribution in [0.5, 0.6) is 0 Å². The Hall–Kier alpha value is 1.81. The van der Waals surface area contributed by atoms with E-state index < -0.39 is 9.04 Å². The van der Waals surface area contributed by atoms with Gasteiger partial charge in [-0.3, -0.25) is 0 Å². The standard InChI is InChI=1S/C5H14OSi.K.H/c1-3-4-5-7(2)6;;/h6-7H,3-5H2,1-2H3;;/q;+1;-1. The van der Waals surface area contributed by atoms with Crippen LogP contribution < -0.4 is 51.4 Å². The summed E-state index contributed by atoms with van der Waals surface area (Å²) in [4.78, 5) is 8.82. The molecule has 0 saturated carbocycles. The summed E-state index contributed by atoms with van der Waals surface area (Å²) < 4.78 is 0. The molecule has 1 nitrogen and oxygen atoms in total. The first kappa shape index (κ1) is 12.5. The molecule has 0 radical (unpaired) electrons. The zero-order chi connectivity index (χ0) is 5.70.